The van der Waals surface area contributed by atoms with E-state index in [2.05, 4.69) is 44.2 Å². The van der Waals surface area contributed by atoms with E-state index in [4.69, 9.17) is 10.1 Å². The van der Waals surface area contributed by atoms with Gasteiger partial charge < -0.3 is 5.11 Å². The average molecular weight is 525 g/mol. The summed E-state index contributed by atoms with van der Waals surface area (Å²) >= 11 is 0. The molecular formula is C22H22IrNO2-. The summed E-state index contributed by atoms with van der Waals surface area (Å²) < 4.78 is 0. The SMILES string of the molecule is CC(=O)C=C(C)O.Cc1ccc2nc(-c3[c-]cccc3)cc(C)c2c1.[Ir]. The van der Waals surface area contributed by atoms with Crippen LogP contribution in [-0.2, 0) is 24.9 Å². The van der Waals surface area contributed by atoms with Gasteiger partial charge in [-0.1, -0.05) is 17.7 Å². The monoisotopic (exact) mass is 525 g/mol. The van der Waals surface area contributed by atoms with Crippen LogP contribution in [0.4, 0.5) is 0 Å². The Bertz CT molecular complexity index is 914. The molecule has 0 spiro atoms. The Morgan fingerprint density at radius 1 is 1.12 bits per heavy atom. The van der Waals surface area contributed by atoms with Crippen LogP contribution in [0, 0.1) is 19.9 Å². The number of aliphatic hydroxyl groups excluding tert-OH is 1. The molecule has 0 saturated heterocycles. The third kappa shape index (κ3) is 6.21. The van der Waals surface area contributed by atoms with E-state index in [1.54, 1.807) is 0 Å². The van der Waals surface area contributed by atoms with Crippen LogP contribution in [0.5, 0.6) is 0 Å². The van der Waals surface area contributed by atoms with E-state index in [9.17, 15) is 4.79 Å². The molecule has 0 fully saturated rings. The summed E-state index contributed by atoms with van der Waals surface area (Å²) in [6.07, 6.45) is 1.17. The van der Waals surface area contributed by atoms with Crippen LogP contribution in [-0.4, -0.2) is 15.9 Å². The van der Waals surface area contributed by atoms with Crippen molar-refractivity contribution in [3.63, 3.8) is 0 Å². The molecule has 1 heterocycles. The molecule has 1 N–H and O–H groups in total. The van der Waals surface area contributed by atoms with E-state index in [0.717, 1.165) is 16.8 Å². The summed E-state index contributed by atoms with van der Waals surface area (Å²) in [7, 11) is 0. The summed E-state index contributed by atoms with van der Waals surface area (Å²) in [5.41, 5.74) is 5.61. The summed E-state index contributed by atoms with van der Waals surface area (Å²) in [4.78, 5) is 14.7. The predicted octanol–water partition coefficient (Wildman–Crippen LogP) is 5.35. The Labute approximate surface area is 168 Å². The Balaban J connectivity index is 0.000000366. The number of hydrogen-bond acceptors (Lipinski definition) is 3. The molecule has 2 aromatic carbocycles. The summed E-state index contributed by atoms with van der Waals surface area (Å²) in [5.74, 6) is -0.0625. The zero-order valence-electron chi connectivity index (χ0n) is 15.3. The predicted molar refractivity (Wildman–Crippen MR) is 103 cm³/mol. The molecule has 3 aromatic rings. The normalized spacial score (nSPS) is 10.5. The third-order valence-corrected chi connectivity index (χ3v) is 3.57. The zero-order valence-corrected chi connectivity index (χ0v) is 17.7. The first-order chi connectivity index (χ1) is 11.9. The molecule has 0 amide bonds. The molecule has 3 nitrogen and oxygen atoms in total. The second-order valence-corrected chi connectivity index (χ2v) is 6.02. The fraction of sp³-hybridized carbons (Fsp3) is 0.182. The van der Waals surface area contributed by atoms with Crippen molar-refractivity contribution < 1.29 is 30.0 Å². The smallest absolute Gasteiger partial charge is 0.155 e. The number of rotatable bonds is 2. The van der Waals surface area contributed by atoms with Crippen molar-refractivity contribution in [2.75, 3.05) is 0 Å². The van der Waals surface area contributed by atoms with Crippen molar-refractivity contribution >= 4 is 16.7 Å². The molecular weight excluding hydrogens is 502 g/mol. The first kappa shape index (κ1) is 21.8. The Kier molecular flexibility index (Phi) is 8.37. The molecule has 4 heteroatoms. The minimum atomic E-state index is -0.125. The number of aromatic nitrogens is 1. The molecule has 0 bridgehead atoms. The summed E-state index contributed by atoms with van der Waals surface area (Å²) in [6.45, 7) is 7.09. The van der Waals surface area contributed by atoms with Gasteiger partial charge in [-0.3, -0.25) is 9.78 Å². The van der Waals surface area contributed by atoms with E-state index < -0.39 is 0 Å². The number of aliphatic hydroxyl groups is 1. The van der Waals surface area contributed by atoms with Gasteiger partial charge in [0.2, 0.25) is 0 Å². The van der Waals surface area contributed by atoms with E-state index in [-0.39, 0.29) is 31.6 Å². The molecule has 1 aromatic heterocycles. The minimum absolute atomic E-state index is 0. The Morgan fingerprint density at radius 2 is 1.85 bits per heavy atom. The molecule has 137 valence electrons. The van der Waals surface area contributed by atoms with E-state index >= 15 is 0 Å². The minimum Gasteiger partial charge on any atom is -0.512 e. The largest absolute Gasteiger partial charge is 0.512 e. The maximum absolute atomic E-state index is 10.0. The van der Waals surface area contributed by atoms with Crippen molar-refractivity contribution in [2.45, 2.75) is 27.7 Å². The average Bonchev–Trinajstić information content (AvgIpc) is 2.55. The second kappa shape index (κ2) is 10.0. The number of hydrogen-bond donors (Lipinski definition) is 1. The molecule has 0 unspecified atom stereocenters. The maximum atomic E-state index is 10.0. The number of carbonyl (C=O) groups excluding carboxylic acids is 1. The van der Waals surface area contributed by atoms with Crippen LogP contribution < -0.4 is 0 Å². The fourth-order valence-electron chi connectivity index (χ4n) is 2.49. The topological polar surface area (TPSA) is 50.2 Å². The van der Waals surface area contributed by atoms with Gasteiger partial charge in [-0.25, -0.2) is 0 Å². The third-order valence-electron chi connectivity index (χ3n) is 3.57. The first-order valence-corrected chi connectivity index (χ1v) is 8.10. The van der Waals surface area contributed by atoms with Crippen molar-refractivity contribution in [2.24, 2.45) is 0 Å². The standard InChI is InChI=1S/C17H14N.C5H8O2.Ir/c1-12-8-9-16-15(10-12)13(2)11-17(18-16)14-6-4-3-5-7-14;1-4(6)3-5(2)7;/h3-6,8-11H,1-2H3;3,6H,1-2H3;/q-1;;. The molecule has 26 heavy (non-hydrogen) atoms. The van der Waals surface area contributed by atoms with Gasteiger partial charge in [0.25, 0.3) is 0 Å². The van der Waals surface area contributed by atoms with E-state index in [0.29, 0.717) is 0 Å². The number of carbonyl (C=O) groups is 1. The molecule has 0 aliphatic carbocycles. The van der Waals surface area contributed by atoms with Gasteiger partial charge in [0.15, 0.2) is 5.78 Å². The van der Waals surface area contributed by atoms with Crippen LogP contribution in [0.15, 0.2) is 60.4 Å². The zero-order chi connectivity index (χ0) is 18.4. The number of benzene rings is 2. The number of aryl methyl sites for hydroxylation is 2. The van der Waals surface area contributed by atoms with Crippen LogP contribution in [0.1, 0.15) is 25.0 Å². The molecule has 0 aliphatic rings. The first-order valence-electron chi connectivity index (χ1n) is 8.10. The van der Waals surface area contributed by atoms with Gasteiger partial charge in [0.05, 0.1) is 11.3 Å². The number of allylic oxidation sites excluding steroid dienone is 2. The van der Waals surface area contributed by atoms with E-state index in [1.807, 2.05) is 24.3 Å². The summed E-state index contributed by atoms with van der Waals surface area (Å²) in [5, 5.41) is 9.59. The molecule has 0 aliphatic heterocycles. The van der Waals surface area contributed by atoms with Crippen LogP contribution >= 0.6 is 0 Å². The van der Waals surface area contributed by atoms with Crippen LogP contribution in [0.2, 0.25) is 0 Å². The molecule has 0 atom stereocenters. The quantitative estimate of drug-likeness (QED) is 0.279. The van der Waals surface area contributed by atoms with Crippen molar-refractivity contribution in [1.82, 2.24) is 4.98 Å². The Hall–Kier alpha value is -2.29. The van der Waals surface area contributed by atoms with Gasteiger partial charge in [0.1, 0.15) is 0 Å². The molecule has 1 radical (unpaired) electrons. The van der Waals surface area contributed by atoms with Gasteiger partial charge in [-0.2, -0.15) is 0 Å². The number of ketones is 1. The van der Waals surface area contributed by atoms with Gasteiger partial charge in [-0.15, -0.1) is 35.9 Å². The van der Waals surface area contributed by atoms with E-state index in [1.165, 1.54) is 36.4 Å². The second-order valence-electron chi connectivity index (χ2n) is 6.02. The molecule has 3 rings (SSSR count). The van der Waals surface area contributed by atoms with Gasteiger partial charge in [-0.05, 0) is 51.1 Å². The number of nitrogens with zero attached hydrogens (tertiary/aromatic N) is 1. The van der Waals surface area contributed by atoms with Crippen molar-refractivity contribution in [3.05, 3.63) is 77.6 Å². The Morgan fingerprint density at radius 3 is 2.38 bits per heavy atom. The van der Waals surface area contributed by atoms with Crippen LogP contribution in [0.25, 0.3) is 22.2 Å². The number of fused-ring (bicyclic) bond motifs is 1. The molecule has 0 saturated carbocycles. The van der Waals surface area contributed by atoms with Crippen LogP contribution in [0.3, 0.4) is 0 Å². The number of pyridine rings is 1. The van der Waals surface area contributed by atoms with Gasteiger partial charge in [0, 0.05) is 31.6 Å². The van der Waals surface area contributed by atoms with Crippen molar-refractivity contribution in [3.8, 4) is 11.3 Å². The van der Waals surface area contributed by atoms with Gasteiger partial charge >= 0.3 is 0 Å². The summed E-state index contributed by atoms with van der Waals surface area (Å²) in [6, 6.07) is 19.7. The maximum Gasteiger partial charge on any atom is 0.155 e. The fourth-order valence-corrected chi connectivity index (χ4v) is 2.49. The van der Waals surface area contributed by atoms with Crippen molar-refractivity contribution in [1.29, 1.82) is 0 Å².